The first-order chi connectivity index (χ1) is 8.56. The molecule has 2 rings (SSSR count). The van der Waals surface area contributed by atoms with Crippen LogP contribution in [0.25, 0.3) is 0 Å². The molecule has 1 N–H and O–H groups in total. The number of anilines is 1. The Morgan fingerprint density at radius 1 is 1.56 bits per heavy atom. The summed E-state index contributed by atoms with van der Waals surface area (Å²) in [6, 6.07) is 6.30. The minimum absolute atomic E-state index is 0.110. The molecule has 1 aliphatic heterocycles. The van der Waals surface area contributed by atoms with Crippen molar-refractivity contribution in [2.75, 3.05) is 18.9 Å². The Morgan fingerprint density at radius 2 is 2.33 bits per heavy atom. The number of hydrogen-bond acceptors (Lipinski definition) is 2. The van der Waals surface area contributed by atoms with Crippen LogP contribution in [0.1, 0.15) is 24.8 Å². The van der Waals surface area contributed by atoms with Crippen LogP contribution in [0.15, 0.2) is 22.7 Å². The Balaban J connectivity index is 1.94. The maximum absolute atomic E-state index is 12.0. The van der Waals surface area contributed by atoms with Gasteiger partial charge in [-0.25, -0.2) is 0 Å². The van der Waals surface area contributed by atoms with Crippen molar-refractivity contribution in [1.82, 2.24) is 4.90 Å². The average Bonchev–Trinajstić information content (AvgIpc) is 2.69. The highest BCUT2D eigenvalue weighted by atomic mass is 79.9. The third-order valence-electron chi connectivity index (χ3n) is 3.56. The van der Waals surface area contributed by atoms with E-state index >= 15 is 0 Å². The van der Waals surface area contributed by atoms with Crippen LogP contribution in [-0.4, -0.2) is 30.4 Å². The number of nitrogens with one attached hydrogen (secondary N) is 1. The molecule has 0 saturated carbocycles. The summed E-state index contributed by atoms with van der Waals surface area (Å²) >= 11 is 3.42. The van der Waals surface area contributed by atoms with Crippen LogP contribution in [0.4, 0.5) is 5.69 Å². The Hall–Kier alpha value is -0.870. The van der Waals surface area contributed by atoms with E-state index in [1.165, 1.54) is 6.42 Å². The summed E-state index contributed by atoms with van der Waals surface area (Å²) in [6.45, 7) is 3.11. The average molecular weight is 311 g/mol. The number of likely N-dealkylation sites (tertiary alicyclic amines) is 1. The lowest BCUT2D eigenvalue weighted by Crippen LogP contribution is -2.29. The largest absolute Gasteiger partial charge is 0.326 e. The fourth-order valence-electron chi connectivity index (χ4n) is 2.42. The molecular weight excluding hydrogens is 292 g/mol. The molecule has 4 heteroatoms. The second kappa shape index (κ2) is 5.85. The number of carbonyl (C=O) groups excluding carboxylic acids is 1. The molecule has 0 aromatic heterocycles. The van der Waals surface area contributed by atoms with Crippen molar-refractivity contribution in [3.63, 3.8) is 0 Å². The van der Waals surface area contributed by atoms with Crippen molar-refractivity contribution in [2.24, 2.45) is 0 Å². The van der Waals surface area contributed by atoms with Gasteiger partial charge in [0.1, 0.15) is 0 Å². The van der Waals surface area contributed by atoms with Crippen LogP contribution in [0.3, 0.4) is 0 Å². The fourth-order valence-corrected chi connectivity index (χ4v) is 2.90. The van der Waals surface area contributed by atoms with Gasteiger partial charge in [-0.1, -0.05) is 15.9 Å². The quantitative estimate of drug-likeness (QED) is 0.930. The summed E-state index contributed by atoms with van der Waals surface area (Å²) in [7, 11) is 2.09. The molecule has 1 aromatic carbocycles. The van der Waals surface area contributed by atoms with Crippen LogP contribution in [0, 0.1) is 6.92 Å². The van der Waals surface area contributed by atoms with Gasteiger partial charge in [0.05, 0.1) is 0 Å². The summed E-state index contributed by atoms with van der Waals surface area (Å²) in [5.74, 6) is 0.110. The number of benzene rings is 1. The van der Waals surface area contributed by atoms with E-state index in [2.05, 4.69) is 33.2 Å². The maximum Gasteiger partial charge on any atom is 0.225 e. The zero-order valence-corrected chi connectivity index (χ0v) is 12.5. The highest BCUT2D eigenvalue weighted by molar-refractivity contribution is 9.10. The van der Waals surface area contributed by atoms with Crippen molar-refractivity contribution in [3.05, 3.63) is 28.2 Å². The lowest BCUT2D eigenvalue weighted by atomic mass is 10.1. The van der Waals surface area contributed by atoms with E-state index in [1.54, 1.807) is 0 Å². The van der Waals surface area contributed by atoms with Crippen molar-refractivity contribution in [2.45, 2.75) is 32.2 Å². The molecule has 0 aliphatic carbocycles. The topological polar surface area (TPSA) is 32.3 Å². The molecule has 1 saturated heterocycles. The second-order valence-electron chi connectivity index (χ2n) is 4.99. The van der Waals surface area contributed by atoms with Gasteiger partial charge in [0.15, 0.2) is 0 Å². The van der Waals surface area contributed by atoms with Crippen LogP contribution in [-0.2, 0) is 4.79 Å². The van der Waals surface area contributed by atoms with E-state index in [1.807, 2.05) is 25.1 Å². The molecule has 1 atom stereocenters. The van der Waals surface area contributed by atoms with Crippen molar-refractivity contribution >= 4 is 27.5 Å². The van der Waals surface area contributed by atoms with E-state index in [0.717, 1.165) is 28.7 Å². The van der Waals surface area contributed by atoms with Gasteiger partial charge in [-0.15, -0.1) is 0 Å². The highest BCUT2D eigenvalue weighted by Crippen LogP contribution is 2.22. The molecule has 18 heavy (non-hydrogen) atoms. The van der Waals surface area contributed by atoms with Crippen molar-refractivity contribution in [1.29, 1.82) is 0 Å². The summed E-state index contributed by atoms with van der Waals surface area (Å²) < 4.78 is 1.04. The van der Waals surface area contributed by atoms with Crippen LogP contribution < -0.4 is 5.32 Å². The van der Waals surface area contributed by atoms with E-state index in [9.17, 15) is 4.79 Å². The Morgan fingerprint density at radius 3 is 2.94 bits per heavy atom. The Kier molecular flexibility index (Phi) is 4.40. The van der Waals surface area contributed by atoms with E-state index < -0.39 is 0 Å². The van der Waals surface area contributed by atoms with E-state index in [0.29, 0.717) is 12.5 Å². The van der Waals surface area contributed by atoms with Gasteiger partial charge in [0, 0.05) is 22.6 Å². The van der Waals surface area contributed by atoms with Crippen LogP contribution >= 0.6 is 15.9 Å². The Bertz CT molecular complexity index is 447. The molecule has 1 unspecified atom stereocenters. The number of halogens is 1. The monoisotopic (exact) mass is 310 g/mol. The highest BCUT2D eigenvalue weighted by Gasteiger charge is 2.23. The summed E-state index contributed by atoms with van der Waals surface area (Å²) in [6.07, 6.45) is 2.92. The molecule has 98 valence electrons. The van der Waals surface area contributed by atoms with Crippen molar-refractivity contribution in [3.8, 4) is 0 Å². The van der Waals surface area contributed by atoms with Crippen molar-refractivity contribution < 1.29 is 4.79 Å². The lowest BCUT2D eigenvalue weighted by Gasteiger charge is -2.19. The molecule has 3 nitrogen and oxygen atoms in total. The first-order valence-electron chi connectivity index (χ1n) is 6.32. The number of hydrogen-bond donors (Lipinski definition) is 1. The predicted molar refractivity (Wildman–Crippen MR) is 77.8 cm³/mol. The van der Waals surface area contributed by atoms with E-state index in [4.69, 9.17) is 0 Å². The van der Waals surface area contributed by atoms with Gasteiger partial charge in [-0.05, 0) is 57.1 Å². The van der Waals surface area contributed by atoms with Gasteiger partial charge in [-0.3, -0.25) is 4.79 Å². The number of amides is 1. The number of aryl methyl sites for hydroxylation is 1. The third-order valence-corrected chi connectivity index (χ3v) is 4.05. The van der Waals surface area contributed by atoms with Gasteiger partial charge in [0.2, 0.25) is 5.91 Å². The zero-order chi connectivity index (χ0) is 13.1. The molecule has 1 aliphatic rings. The smallest absolute Gasteiger partial charge is 0.225 e. The number of nitrogens with zero attached hydrogens (tertiary/aromatic N) is 1. The lowest BCUT2D eigenvalue weighted by molar-refractivity contribution is -0.117. The fraction of sp³-hybridized carbons (Fsp3) is 0.500. The minimum Gasteiger partial charge on any atom is -0.326 e. The molecular formula is C14H19BrN2O. The first-order valence-corrected chi connectivity index (χ1v) is 7.12. The van der Waals surface area contributed by atoms with Gasteiger partial charge >= 0.3 is 0 Å². The molecule has 1 aromatic rings. The molecule has 1 amide bonds. The minimum atomic E-state index is 0.110. The van der Waals surface area contributed by atoms with Gasteiger partial charge in [-0.2, -0.15) is 0 Å². The summed E-state index contributed by atoms with van der Waals surface area (Å²) in [4.78, 5) is 14.3. The SMILES string of the molecule is Cc1cc(Br)ccc1NC(=O)CC1CCCN1C. The van der Waals surface area contributed by atoms with E-state index in [-0.39, 0.29) is 5.91 Å². The molecule has 1 heterocycles. The first kappa shape index (κ1) is 13.6. The third kappa shape index (κ3) is 3.33. The second-order valence-corrected chi connectivity index (χ2v) is 5.90. The van der Waals surface area contributed by atoms with Gasteiger partial charge < -0.3 is 10.2 Å². The van der Waals surface area contributed by atoms with Crippen LogP contribution in [0.5, 0.6) is 0 Å². The van der Waals surface area contributed by atoms with Gasteiger partial charge in [0.25, 0.3) is 0 Å². The van der Waals surface area contributed by atoms with Crippen LogP contribution in [0.2, 0.25) is 0 Å². The maximum atomic E-state index is 12.0. The normalized spacial score (nSPS) is 20.1. The standard InChI is InChI=1S/C14H19BrN2O/c1-10-8-11(15)5-6-13(10)16-14(18)9-12-4-3-7-17(12)2/h5-6,8,12H,3-4,7,9H2,1-2H3,(H,16,18). The molecule has 0 radical (unpaired) electrons. The zero-order valence-electron chi connectivity index (χ0n) is 10.9. The predicted octanol–water partition coefficient (Wildman–Crippen LogP) is 3.18. The number of rotatable bonds is 3. The summed E-state index contributed by atoms with van der Waals surface area (Å²) in [5, 5.41) is 3.00. The molecule has 0 bridgehead atoms. The Labute approximate surface area is 117 Å². The summed E-state index contributed by atoms with van der Waals surface area (Å²) in [5.41, 5.74) is 1.99. The molecule has 1 fully saturated rings. The molecule has 0 spiro atoms. The number of carbonyl (C=O) groups is 1.